The van der Waals surface area contributed by atoms with Crippen molar-refractivity contribution < 1.29 is 19.0 Å². The molecule has 0 radical (unpaired) electrons. The molecule has 1 N–H and O–H groups in total. The normalized spacial score (nSPS) is 10.5. The van der Waals surface area contributed by atoms with E-state index in [2.05, 4.69) is 10.5 Å². The number of carbonyl (C=O) groups is 1. The van der Waals surface area contributed by atoms with Gasteiger partial charge in [-0.15, -0.1) is 0 Å². The third-order valence-electron chi connectivity index (χ3n) is 3.22. The summed E-state index contributed by atoms with van der Waals surface area (Å²) in [5.41, 5.74) is 3.67. The average molecular weight is 328 g/mol. The second-order valence-electron chi connectivity index (χ2n) is 4.74. The standard InChI is InChI=1S/C18H20N2O4/c1-4-24-16-10-9-13(11-17(16)23-3)12-19-20-18(21)14-7-5-6-8-15(14)22-2/h5-12H,4H2,1-3H3,(H,20,21)/b19-12+. The van der Waals surface area contributed by atoms with Crippen molar-refractivity contribution in [2.24, 2.45) is 5.10 Å². The monoisotopic (exact) mass is 328 g/mol. The van der Waals surface area contributed by atoms with E-state index in [-0.39, 0.29) is 5.91 Å². The Bertz CT molecular complexity index is 729. The van der Waals surface area contributed by atoms with E-state index in [1.807, 2.05) is 13.0 Å². The molecule has 24 heavy (non-hydrogen) atoms. The number of benzene rings is 2. The molecule has 0 aliphatic carbocycles. The number of amides is 1. The van der Waals surface area contributed by atoms with E-state index in [1.165, 1.54) is 13.3 Å². The first-order valence-corrected chi connectivity index (χ1v) is 7.46. The summed E-state index contributed by atoms with van der Waals surface area (Å²) in [7, 11) is 3.09. The largest absolute Gasteiger partial charge is 0.496 e. The van der Waals surface area contributed by atoms with Crippen LogP contribution in [0.2, 0.25) is 0 Å². The van der Waals surface area contributed by atoms with Crippen molar-refractivity contribution in [2.75, 3.05) is 20.8 Å². The lowest BCUT2D eigenvalue weighted by molar-refractivity contribution is 0.0952. The molecule has 126 valence electrons. The minimum atomic E-state index is -0.346. The molecule has 6 nitrogen and oxygen atoms in total. The van der Waals surface area contributed by atoms with Gasteiger partial charge in [-0.25, -0.2) is 5.43 Å². The maximum atomic E-state index is 12.1. The van der Waals surface area contributed by atoms with Crippen molar-refractivity contribution >= 4 is 12.1 Å². The summed E-state index contributed by atoms with van der Waals surface area (Å²) in [6.07, 6.45) is 1.53. The number of hydrazone groups is 1. The van der Waals surface area contributed by atoms with Crippen LogP contribution < -0.4 is 19.6 Å². The van der Waals surface area contributed by atoms with E-state index >= 15 is 0 Å². The van der Waals surface area contributed by atoms with E-state index in [0.717, 1.165) is 5.56 Å². The number of nitrogens with one attached hydrogen (secondary N) is 1. The Balaban J connectivity index is 2.07. The molecule has 0 fully saturated rings. The summed E-state index contributed by atoms with van der Waals surface area (Å²) in [6.45, 7) is 2.46. The molecule has 0 aliphatic rings. The van der Waals surface area contributed by atoms with Crippen molar-refractivity contribution in [3.8, 4) is 17.2 Å². The van der Waals surface area contributed by atoms with E-state index in [9.17, 15) is 4.79 Å². The highest BCUT2D eigenvalue weighted by atomic mass is 16.5. The number of hydrogen-bond donors (Lipinski definition) is 1. The summed E-state index contributed by atoms with van der Waals surface area (Å²) in [6, 6.07) is 12.4. The maximum absolute atomic E-state index is 12.1. The second kappa shape index (κ2) is 8.57. The van der Waals surface area contributed by atoms with E-state index < -0.39 is 0 Å². The molecule has 2 aromatic carbocycles. The van der Waals surface area contributed by atoms with E-state index in [0.29, 0.717) is 29.4 Å². The first kappa shape index (κ1) is 17.3. The first-order chi connectivity index (χ1) is 11.7. The average Bonchev–Trinajstić information content (AvgIpc) is 2.62. The molecule has 1 amide bonds. The zero-order chi connectivity index (χ0) is 17.4. The molecular formula is C18H20N2O4. The van der Waals surface area contributed by atoms with Gasteiger partial charge in [-0.1, -0.05) is 12.1 Å². The van der Waals surface area contributed by atoms with Gasteiger partial charge in [0.15, 0.2) is 11.5 Å². The number of para-hydroxylation sites is 1. The topological polar surface area (TPSA) is 69.2 Å². The van der Waals surface area contributed by atoms with Crippen molar-refractivity contribution in [3.05, 3.63) is 53.6 Å². The molecule has 0 bridgehead atoms. The highest BCUT2D eigenvalue weighted by molar-refractivity contribution is 5.97. The fourth-order valence-electron chi connectivity index (χ4n) is 2.10. The van der Waals surface area contributed by atoms with Gasteiger partial charge in [0.1, 0.15) is 5.75 Å². The van der Waals surface area contributed by atoms with Gasteiger partial charge < -0.3 is 14.2 Å². The van der Waals surface area contributed by atoms with Crippen LogP contribution >= 0.6 is 0 Å². The van der Waals surface area contributed by atoms with E-state index in [4.69, 9.17) is 14.2 Å². The molecule has 0 atom stereocenters. The Morgan fingerprint density at radius 2 is 1.83 bits per heavy atom. The lowest BCUT2D eigenvalue weighted by Crippen LogP contribution is -2.18. The summed E-state index contributed by atoms with van der Waals surface area (Å²) >= 11 is 0. The summed E-state index contributed by atoms with van der Waals surface area (Å²) < 4.78 is 15.9. The quantitative estimate of drug-likeness (QED) is 0.627. The van der Waals surface area contributed by atoms with Crippen molar-refractivity contribution in [2.45, 2.75) is 6.92 Å². The highest BCUT2D eigenvalue weighted by Gasteiger charge is 2.10. The van der Waals surface area contributed by atoms with Crippen LogP contribution in [0.25, 0.3) is 0 Å². The van der Waals surface area contributed by atoms with Gasteiger partial charge in [-0.3, -0.25) is 4.79 Å². The van der Waals surface area contributed by atoms with Crippen LogP contribution in [0.5, 0.6) is 17.2 Å². The van der Waals surface area contributed by atoms with Crippen LogP contribution in [0.3, 0.4) is 0 Å². The molecule has 6 heteroatoms. The number of methoxy groups -OCH3 is 2. The maximum Gasteiger partial charge on any atom is 0.275 e. The molecule has 0 aliphatic heterocycles. The fraction of sp³-hybridized carbons (Fsp3) is 0.222. The van der Waals surface area contributed by atoms with Crippen LogP contribution in [0.1, 0.15) is 22.8 Å². The number of carbonyl (C=O) groups excluding carboxylic acids is 1. The third kappa shape index (κ3) is 4.25. The van der Waals surface area contributed by atoms with Gasteiger partial charge in [-0.05, 0) is 42.8 Å². The smallest absolute Gasteiger partial charge is 0.275 e. The number of hydrogen-bond acceptors (Lipinski definition) is 5. The lowest BCUT2D eigenvalue weighted by atomic mass is 10.2. The number of ether oxygens (including phenoxy) is 3. The van der Waals surface area contributed by atoms with Crippen molar-refractivity contribution in [1.29, 1.82) is 0 Å². The first-order valence-electron chi connectivity index (χ1n) is 7.46. The number of rotatable bonds is 7. The van der Waals surface area contributed by atoms with Crippen molar-refractivity contribution in [3.63, 3.8) is 0 Å². The van der Waals surface area contributed by atoms with Gasteiger partial charge in [0.05, 0.1) is 32.6 Å². The SMILES string of the molecule is CCOc1ccc(/C=N/NC(=O)c2ccccc2OC)cc1OC. The van der Waals surface area contributed by atoms with Crippen LogP contribution in [0.4, 0.5) is 0 Å². The molecule has 2 rings (SSSR count). The Kier molecular flexibility index (Phi) is 6.19. The molecule has 0 heterocycles. The van der Waals surface area contributed by atoms with Gasteiger partial charge >= 0.3 is 0 Å². The molecule has 0 unspecified atom stereocenters. The highest BCUT2D eigenvalue weighted by Crippen LogP contribution is 2.27. The summed E-state index contributed by atoms with van der Waals surface area (Å²) in [5, 5.41) is 3.97. The molecule has 2 aromatic rings. The Morgan fingerprint density at radius 3 is 2.54 bits per heavy atom. The minimum Gasteiger partial charge on any atom is -0.496 e. The Labute approximate surface area is 141 Å². The zero-order valence-corrected chi connectivity index (χ0v) is 13.9. The van der Waals surface area contributed by atoms with Crippen molar-refractivity contribution in [1.82, 2.24) is 5.43 Å². The third-order valence-corrected chi connectivity index (χ3v) is 3.22. The summed E-state index contributed by atoms with van der Waals surface area (Å²) in [5.74, 6) is 1.42. The zero-order valence-electron chi connectivity index (χ0n) is 13.9. The van der Waals surface area contributed by atoms with Crippen LogP contribution in [0.15, 0.2) is 47.6 Å². The predicted octanol–water partition coefficient (Wildman–Crippen LogP) is 2.87. The van der Waals surface area contributed by atoms with Crippen LogP contribution in [-0.4, -0.2) is 32.9 Å². The Morgan fingerprint density at radius 1 is 1.08 bits per heavy atom. The van der Waals surface area contributed by atoms with Gasteiger partial charge in [0, 0.05) is 0 Å². The molecule has 0 spiro atoms. The molecule has 0 saturated carbocycles. The van der Waals surface area contributed by atoms with Gasteiger partial charge in [0.2, 0.25) is 0 Å². The van der Waals surface area contributed by atoms with Crippen LogP contribution in [-0.2, 0) is 0 Å². The van der Waals surface area contributed by atoms with E-state index in [1.54, 1.807) is 43.5 Å². The fourth-order valence-corrected chi connectivity index (χ4v) is 2.10. The molecule has 0 saturated heterocycles. The molecular weight excluding hydrogens is 308 g/mol. The second-order valence-corrected chi connectivity index (χ2v) is 4.74. The number of nitrogens with zero attached hydrogens (tertiary/aromatic N) is 1. The van der Waals surface area contributed by atoms with Gasteiger partial charge in [-0.2, -0.15) is 5.10 Å². The lowest BCUT2D eigenvalue weighted by Gasteiger charge is -2.09. The summed E-state index contributed by atoms with van der Waals surface area (Å²) in [4.78, 5) is 12.1. The predicted molar refractivity (Wildman–Crippen MR) is 92.2 cm³/mol. The van der Waals surface area contributed by atoms with Gasteiger partial charge in [0.25, 0.3) is 5.91 Å². The molecule has 0 aromatic heterocycles. The Hall–Kier alpha value is -3.02. The van der Waals surface area contributed by atoms with Crippen LogP contribution in [0, 0.1) is 0 Å². The minimum absolute atomic E-state index is 0.346.